The number of nitrogens with zero attached hydrogens (tertiary/aromatic N) is 2. The van der Waals surface area contributed by atoms with E-state index in [-0.39, 0.29) is 17.4 Å². The normalized spacial score (nSPS) is 16.8. The second-order valence-electron chi connectivity index (χ2n) is 6.60. The maximum atomic E-state index is 13.3. The summed E-state index contributed by atoms with van der Waals surface area (Å²) in [6.07, 6.45) is 2.93. The van der Waals surface area contributed by atoms with E-state index in [1.54, 1.807) is 11.3 Å². The molecule has 1 aliphatic heterocycles. The number of fused-ring (bicyclic) bond motifs is 3. The summed E-state index contributed by atoms with van der Waals surface area (Å²) in [7, 11) is 0. The Morgan fingerprint density at radius 3 is 3.08 bits per heavy atom. The van der Waals surface area contributed by atoms with E-state index in [1.807, 2.05) is 22.1 Å². The van der Waals surface area contributed by atoms with Crippen molar-refractivity contribution in [1.29, 1.82) is 0 Å². The Labute approximate surface area is 162 Å². The Morgan fingerprint density at radius 2 is 2.31 bits per heavy atom. The lowest BCUT2D eigenvalue weighted by atomic mass is 10.1. The molecular formula is C18H17N3O2S3. The molecular weight excluding hydrogens is 386 g/mol. The van der Waals surface area contributed by atoms with Gasteiger partial charge in [-0.3, -0.25) is 14.2 Å². The van der Waals surface area contributed by atoms with E-state index in [2.05, 4.69) is 5.32 Å². The average Bonchev–Trinajstić information content (AvgIpc) is 3.19. The van der Waals surface area contributed by atoms with Gasteiger partial charge in [0.25, 0.3) is 5.56 Å². The van der Waals surface area contributed by atoms with Crippen molar-refractivity contribution < 1.29 is 4.79 Å². The molecule has 0 saturated heterocycles. The molecule has 0 bridgehead atoms. The van der Waals surface area contributed by atoms with Crippen molar-refractivity contribution in [3.8, 4) is 0 Å². The molecule has 2 aliphatic rings. The second-order valence-corrected chi connectivity index (χ2v) is 9.57. The van der Waals surface area contributed by atoms with Crippen molar-refractivity contribution in [3.05, 3.63) is 43.2 Å². The summed E-state index contributed by atoms with van der Waals surface area (Å²) in [6.45, 7) is 1.73. The molecule has 5 rings (SSSR count). The standard InChI is InChI=1S/C18H17N3O2S3/c22-12(13-2-1-7-24-13)9-25-18-20-16-15(17(23)21(18)10-3-4-10)11-5-6-19-8-14(11)26-16/h1-2,7,10,19H,3-6,8-9H2. The smallest absolute Gasteiger partial charge is 0.263 e. The lowest BCUT2D eigenvalue weighted by molar-refractivity contribution is 0.102. The van der Waals surface area contributed by atoms with Gasteiger partial charge in [0.2, 0.25) is 0 Å². The van der Waals surface area contributed by atoms with Crippen LogP contribution in [0.3, 0.4) is 0 Å². The Balaban J connectivity index is 1.55. The Hall–Kier alpha value is -1.48. The number of carbonyl (C=O) groups is 1. The van der Waals surface area contributed by atoms with Crippen LogP contribution in [-0.2, 0) is 13.0 Å². The largest absolute Gasteiger partial charge is 0.312 e. The number of aromatic nitrogens is 2. The molecule has 1 saturated carbocycles. The molecule has 8 heteroatoms. The highest BCUT2D eigenvalue weighted by molar-refractivity contribution is 7.99. The van der Waals surface area contributed by atoms with E-state index in [0.29, 0.717) is 10.9 Å². The average molecular weight is 404 g/mol. The van der Waals surface area contributed by atoms with Gasteiger partial charge in [-0.05, 0) is 42.8 Å². The van der Waals surface area contributed by atoms with E-state index in [1.165, 1.54) is 33.5 Å². The molecule has 0 radical (unpaired) electrons. The highest BCUT2D eigenvalue weighted by atomic mass is 32.2. The van der Waals surface area contributed by atoms with Crippen LogP contribution in [0.1, 0.15) is 39.0 Å². The van der Waals surface area contributed by atoms with Crippen molar-refractivity contribution in [2.24, 2.45) is 0 Å². The van der Waals surface area contributed by atoms with Crippen molar-refractivity contribution in [1.82, 2.24) is 14.9 Å². The zero-order valence-electron chi connectivity index (χ0n) is 14.0. The molecule has 3 aromatic rings. The first-order chi connectivity index (χ1) is 12.7. The third kappa shape index (κ3) is 2.85. The zero-order chi connectivity index (χ0) is 17.7. The summed E-state index contributed by atoms with van der Waals surface area (Å²) in [5, 5.41) is 6.78. The van der Waals surface area contributed by atoms with Crippen LogP contribution in [0.5, 0.6) is 0 Å². The molecule has 0 spiro atoms. The summed E-state index contributed by atoms with van der Waals surface area (Å²) in [6, 6.07) is 3.98. The molecule has 134 valence electrons. The van der Waals surface area contributed by atoms with Gasteiger partial charge in [0.1, 0.15) is 4.83 Å². The zero-order valence-corrected chi connectivity index (χ0v) is 16.4. The van der Waals surface area contributed by atoms with Gasteiger partial charge in [-0.2, -0.15) is 0 Å². The molecule has 0 amide bonds. The monoisotopic (exact) mass is 403 g/mol. The maximum absolute atomic E-state index is 13.3. The van der Waals surface area contributed by atoms with Gasteiger partial charge in [0.05, 0.1) is 16.0 Å². The number of thioether (sulfide) groups is 1. The van der Waals surface area contributed by atoms with Gasteiger partial charge >= 0.3 is 0 Å². The maximum Gasteiger partial charge on any atom is 0.263 e. The first-order valence-electron chi connectivity index (χ1n) is 8.69. The predicted octanol–water partition coefficient (Wildman–Crippen LogP) is 3.48. The summed E-state index contributed by atoms with van der Waals surface area (Å²) in [5.74, 6) is 0.411. The molecule has 5 nitrogen and oxygen atoms in total. The van der Waals surface area contributed by atoms with Crippen LogP contribution in [-0.4, -0.2) is 27.6 Å². The molecule has 26 heavy (non-hydrogen) atoms. The third-order valence-corrected chi connectivity index (χ3v) is 7.78. The number of hydrogen-bond acceptors (Lipinski definition) is 7. The summed E-state index contributed by atoms with van der Waals surface area (Å²) < 4.78 is 1.85. The number of carbonyl (C=O) groups excluding carboxylic acids is 1. The number of nitrogens with one attached hydrogen (secondary N) is 1. The Bertz CT molecular complexity index is 1050. The highest BCUT2D eigenvalue weighted by Gasteiger charge is 2.31. The number of Topliss-reactive ketones (excluding diaryl/α,β-unsaturated/α-hetero) is 1. The van der Waals surface area contributed by atoms with Crippen LogP contribution in [0, 0.1) is 0 Å². The lowest BCUT2D eigenvalue weighted by Crippen LogP contribution is -2.26. The van der Waals surface area contributed by atoms with Gasteiger partial charge in [0.15, 0.2) is 10.9 Å². The Morgan fingerprint density at radius 1 is 1.42 bits per heavy atom. The van der Waals surface area contributed by atoms with E-state index in [0.717, 1.165) is 47.4 Å². The third-order valence-electron chi connectivity index (χ3n) is 4.79. The number of thiophene rings is 2. The topological polar surface area (TPSA) is 64.0 Å². The predicted molar refractivity (Wildman–Crippen MR) is 107 cm³/mol. The molecule has 1 aliphatic carbocycles. The summed E-state index contributed by atoms with van der Waals surface area (Å²) in [5.41, 5.74) is 1.27. The van der Waals surface area contributed by atoms with Gasteiger partial charge in [-0.1, -0.05) is 17.8 Å². The molecule has 4 heterocycles. The number of hydrogen-bond donors (Lipinski definition) is 1. The Kier molecular flexibility index (Phi) is 4.23. The van der Waals surface area contributed by atoms with Crippen LogP contribution >= 0.6 is 34.4 Å². The van der Waals surface area contributed by atoms with Crippen molar-refractivity contribution in [2.45, 2.75) is 37.0 Å². The molecule has 0 aromatic carbocycles. The van der Waals surface area contributed by atoms with Crippen LogP contribution in [0.4, 0.5) is 0 Å². The van der Waals surface area contributed by atoms with Crippen LogP contribution < -0.4 is 10.9 Å². The van der Waals surface area contributed by atoms with Gasteiger partial charge in [-0.25, -0.2) is 4.98 Å². The van der Waals surface area contributed by atoms with Gasteiger partial charge in [0, 0.05) is 17.5 Å². The molecule has 0 unspecified atom stereocenters. The molecule has 0 atom stereocenters. The van der Waals surface area contributed by atoms with Crippen molar-refractivity contribution in [2.75, 3.05) is 12.3 Å². The van der Waals surface area contributed by atoms with Crippen molar-refractivity contribution >= 4 is 50.4 Å². The lowest BCUT2D eigenvalue weighted by Gasteiger charge is -2.13. The van der Waals surface area contributed by atoms with Crippen LogP contribution in [0.15, 0.2) is 27.5 Å². The van der Waals surface area contributed by atoms with E-state index in [9.17, 15) is 9.59 Å². The first-order valence-corrected chi connectivity index (χ1v) is 11.4. The molecule has 3 aromatic heterocycles. The van der Waals surface area contributed by atoms with Crippen LogP contribution in [0.25, 0.3) is 10.2 Å². The minimum atomic E-state index is 0.0861. The van der Waals surface area contributed by atoms with Crippen molar-refractivity contribution in [3.63, 3.8) is 0 Å². The summed E-state index contributed by atoms with van der Waals surface area (Å²) in [4.78, 5) is 33.2. The SMILES string of the molecule is O=C(CSc1nc2sc3c(c2c(=O)n1C1CC1)CCNC3)c1cccs1. The number of ketones is 1. The minimum absolute atomic E-state index is 0.0861. The second kappa shape index (κ2) is 6.60. The van der Waals surface area contributed by atoms with Crippen LogP contribution in [0.2, 0.25) is 0 Å². The first kappa shape index (κ1) is 16.7. The van der Waals surface area contributed by atoms with E-state index in [4.69, 9.17) is 4.98 Å². The van der Waals surface area contributed by atoms with E-state index >= 15 is 0 Å². The van der Waals surface area contributed by atoms with Gasteiger partial charge < -0.3 is 5.32 Å². The molecule has 1 N–H and O–H groups in total. The number of rotatable bonds is 5. The van der Waals surface area contributed by atoms with E-state index < -0.39 is 0 Å². The fourth-order valence-electron chi connectivity index (χ4n) is 3.36. The summed E-state index contributed by atoms with van der Waals surface area (Å²) >= 11 is 4.47. The fraction of sp³-hybridized carbons (Fsp3) is 0.389. The van der Waals surface area contributed by atoms with Gasteiger partial charge in [-0.15, -0.1) is 22.7 Å². The highest BCUT2D eigenvalue weighted by Crippen LogP contribution is 2.39. The fourth-order valence-corrected chi connectivity index (χ4v) is 6.30. The molecule has 1 fully saturated rings. The quantitative estimate of drug-likeness (QED) is 0.401. The minimum Gasteiger partial charge on any atom is -0.312 e.